The minimum absolute atomic E-state index is 0.00883. The Bertz CT molecular complexity index is 770. The average Bonchev–Trinajstić information content (AvgIpc) is 2.37. The van der Waals surface area contributed by atoms with E-state index < -0.39 is 9.84 Å². The molecule has 2 N–H and O–H groups in total. The first kappa shape index (κ1) is 17.3. The maximum Gasteiger partial charge on any atom is 0.208 e. The van der Waals surface area contributed by atoms with Crippen molar-refractivity contribution in [3.05, 3.63) is 42.2 Å². The molecule has 0 amide bonds. The van der Waals surface area contributed by atoms with E-state index in [0.717, 1.165) is 0 Å². The molecule has 2 rings (SSSR count). The molecule has 0 aliphatic rings. The van der Waals surface area contributed by atoms with E-state index in [-0.39, 0.29) is 39.2 Å². The zero-order valence-electron chi connectivity index (χ0n) is 9.94. The van der Waals surface area contributed by atoms with Crippen molar-refractivity contribution in [2.45, 2.75) is 9.79 Å². The molecule has 0 fully saturated rings. The highest BCUT2D eigenvalue weighted by Gasteiger charge is 2.25. The van der Waals surface area contributed by atoms with E-state index in [9.17, 15) is 18.6 Å². The third kappa shape index (κ3) is 3.31. The molecule has 112 valence electrons. The molecule has 0 unspecified atom stereocenters. The van der Waals surface area contributed by atoms with Crippen LogP contribution >= 0.6 is 63.7 Å². The summed E-state index contributed by atoms with van der Waals surface area (Å²) in [6.45, 7) is 0. The summed E-state index contributed by atoms with van der Waals surface area (Å²) in [4.78, 5) is -0.0177. The quantitative estimate of drug-likeness (QED) is 0.539. The van der Waals surface area contributed by atoms with Crippen molar-refractivity contribution in [1.29, 1.82) is 0 Å². The van der Waals surface area contributed by atoms with E-state index in [1.165, 1.54) is 24.3 Å². The largest absolute Gasteiger partial charge is 0.507 e. The van der Waals surface area contributed by atoms with Crippen LogP contribution in [-0.4, -0.2) is 18.6 Å². The highest BCUT2D eigenvalue weighted by molar-refractivity contribution is 9.11. The molecule has 0 radical (unpaired) electrons. The van der Waals surface area contributed by atoms with Gasteiger partial charge in [-0.2, -0.15) is 0 Å². The summed E-state index contributed by atoms with van der Waals surface area (Å²) < 4.78 is 26.5. The summed E-state index contributed by atoms with van der Waals surface area (Å²) in [5.41, 5.74) is 0. The summed E-state index contributed by atoms with van der Waals surface area (Å²) >= 11 is 12.5. The van der Waals surface area contributed by atoms with Crippen molar-refractivity contribution in [2.75, 3.05) is 0 Å². The Morgan fingerprint density at radius 3 is 1.33 bits per heavy atom. The van der Waals surface area contributed by atoms with E-state index in [0.29, 0.717) is 0 Å². The van der Waals surface area contributed by atoms with E-state index in [1.807, 2.05) is 0 Å². The fourth-order valence-electron chi connectivity index (χ4n) is 1.57. The van der Waals surface area contributed by atoms with Gasteiger partial charge in [0.05, 0.1) is 18.7 Å². The number of benzene rings is 2. The molecule has 0 saturated carbocycles. The Kier molecular flexibility index (Phi) is 5.09. The zero-order valence-corrected chi connectivity index (χ0v) is 17.1. The molecular weight excluding hydrogens is 560 g/mol. The molecule has 0 saturated heterocycles. The van der Waals surface area contributed by atoms with Gasteiger partial charge in [-0.1, -0.05) is 0 Å². The lowest BCUT2D eigenvalue weighted by Gasteiger charge is -2.11. The Balaban J connectivity index is 2.74. The van der Waals surface area contributed by atoms with Gasteiger partial charge in [-0.3, -0.25) is 0 Å². The first-order valence-electron chi connectivity index (χ1n) is 5.25. The van der Waals surface area contributed by atoms with Crippen molar-refractivity contribution >= 4 is 73.6 Å². The number of halogens is 4. The zero-order chi connectivity index (χ0) is 15.9. The lowest BCUT2D eigenvalue weighted by molar-refractivity contribution is 0.470. The molecule has 21 heavy (non-hydrogen) atoms. The molecule has 0 heterocycles. The van der Waals surface area contributed by atoms with Crippen LogP contribution in [0.15, 0.2) is 51.9 Å². The molecule has 4 nitrogen and oxygen atoms in total. The van der Waals surface area contributed by atoms with Gasteiger partial charge in [-0.05, 0) is 88.0 Å². The Morgan fingerprint density at radius 1 is 0.667 bits per heavy atom. The van der Waals surface area contributed by atoms with Crippen molar-refractivity contribution in [3.8, 4) is 11.5 Å². The molecule has 2 aromatic rings. The number of phenols is 2. The first-order chi connectivity index (χ1) is 9.64. The third-order valence-corrected chi connectivity index (χ3v) is 7.52. The van der Waals surface area contributed by atoms with Crippen LogP contribution in [0.5, 0.6) is 11.5 Å². The highest BCUT2D eigenvalue weighted by Crippen LogP contribution is 2.40. The second-order valence-electron chi connectivity index (χ2n) is 3.97. The maximum atomic E-state index is 12.7. The molecule has 0 aliphatic carbocycles. The smallest absolute Gasteiger partial charge is 0.208 e. The van der Waals surface area contributed by atoms with E-state index >= 15 is 0 Å². The lowest BCUT2D eigenvalue weighted by atomic mass is 10.3. The number of hydrogen-bond donors (Lipinski definition) is 2. The molecular formula is C12H6Br4O4S. The average molecular weight is 566 g/mol. The molecule has 2 aromatic carbocycles. The van der Waals surface area contributed by atoms with Gasteiger partial charge in [0.1, 0.15) is 11.5 Å². The maximum absolute atomic E-state index is 12.7. The van der Waals surface area contributed by atoms with Crippen LogP contribution in [0, 0.1) is 0 Å². The normalized spacial score (nSPS) is 11.6. The minimum atomic E-state index is -3.85. The molecule has 0 spiro atoms. The molecule has 0 bridgehead atoms. The fraction of sp³-hybridized carbons (Fsp3) is 0. The number of aromatic hydroxyl groups is 2. The van der Waals surface area contributed by atoms with E-state index in [1.54, 1.807) is 0 Å². The first-order valence-corrected chi connectivity index (χ1v) is 9.91. The number of hydrogen-bond acceptors (Lipinski definition) is 4. The van der Waals surface area contributed by atoms with Crippen LogP contribution in [-0.2, 0) is 9.84 Å². The van der Waals surface area contributed by atoms with Crippen LogP contribution < -0.4 is 0 Å². The molecule has 0 atom stereocenters. The third-order valence-electron chi connectivity index (χ3n) is 2.58. The van der Waals surface area contributed by atoms with E-state index in [2.05, 4.69) is 63.7 Å². The summed E-state index contributed by atoms with van der Waals surface area (Å²) in [6.07, 6.45) is 0. The summed E-state index contributed by atoms with van der Waals surface area (Å²) in [6, 6.07) is 5.20. The predicted octanol–water partition coefficient (Wildman–Crippen LogP) is 4.98. The van der Waals surface area contributed by atoms with Crippen molar-refractivity contribution < 1.29 is 18.6 Å². The summed E-state index contributed by atoms with van der Waals surface area (Å²) in [5, 5.41) is 19.1. The highest BCUT2D eigenvalue weighted by atomic mass is 79.9. The number of phenolic OH excluding ortho intramolecular Hbond substituents is 2. The minimum Gasteiger partial charge on any atom is -0.507 e. The van der Waals surface area contributed by atoms with Gasteiger partial charge in [-0.25, -0.2) is 8.42 Å². The van der Waals surface area contributed by atoms with Gasteiger partial charge >= 0.3 is 0 Å². The molecule has 0 aromatic heterocycles. The summed E-state index contributed by atoms with van der Waals surface area (Å²) in [5.74, 6) is -0.154. The van der Waals surface area contributed by atoms with Gasteiger partial charge in [-0.15, -0.1) is 0 Å². The van der Waals surface area contributed by atoms with Crippen molar-refractivity contribution in [2.24, 2.45) is 0 Å². The molecule has 9 heteroatoms. The van der Waals surface area contributed by atoms with Crippen molar-refractivity contribution in [3.63, 3.8) is 0 Å². The molecule has 0 aliphatic heterocycles. The van der Waals surface area contributed by atoms with Crippen LogP contribution in [0.2, 0.25) is 0 Å². The van der Waals surface area contributed by atoms with Crippen LogP contribution in [0.1, 0.15) is 0 Å². The van der Waals surface area contributed by atoms with Crippen molar-refractivity contribution in [1.82, 2.24) is 0 Å². The topological polar surface area (TPSA) is 74.6 Å². The van der Waals surface area contributed by atoms with Crippen LogP contribution in [0.4, 0.5) is 0 Å². The lowest BCUT2D eigenvalue weighted by Crippen LogP contribution is -2.04. The van der Waals surface area contributed by atoms with Gasteiger partial charge in [0.15, 0.2) is 0 Å². The van der Waals surface area contributed by atoms with Crippen LogP contribution in [0.25, 0.3) is 0 Å². The van der Waals surface area contributed by atoms with Gasteiger partial charge in [0, 0.05) is 8.95 Å². The standard InChI is InChI=1S/C12H6Br4O4S/c13-5-3-11(7(15)1-9(5)17)21(19,20)12-4-6(14)10(18)2-8(12)16/h1-4,17-18H. The van der Waals surface area contributed by atoms with Gasteiger partial charge in [0.2, 0.25) is 9.84 Å². The Labute approximate surface area is 154 Å². The van der Waals surface area contributed by atoms with Crippen LogP contribution in [0.3, 0.4) is 0 Å². The predicted molar refractivity (Wildman–Crippen MR) is 92.5 cm³/mol. The Morgan fingerprint density at radius 2 is 1.00 bits per heavy atom. The summed E-state index contributed by atoms with van der Waals surface area (Å²) in [7, 11) is -3.85. The number of rotatable bonds is 2. The monoisotopic (exact) mass is 562 g/mol. The fourth-order valence-corrected chi connectivity index (χ4v) is 5.91. The second kappa shape index (κ2) is 6.19. The number of sulfone groups is 1. The Hall–Kier alpha value is -0.0900. The van der Waals surface area contributed by atoms with Gasteiger partial charge in [0.25, 0.3) is 0 Å². The SMILES string of the molecule is O=S(=O)(c1cc(Br)c(O)cc1Br)c1cc(Br)c(O)cc1Br. The second-order valence-corrected chi connectivity index (χ2v) is 9.28. The van der Waals surface area contributed by atoms with E-state index in [4.69, 9.17) is 0 Å². The van der Waals surface area contributed by atoms with Gasteiger partial charge < -0.3 is 10.2 Å².